The highest BCUT2D eigenvalue weighted by Gasteiger charge is 2.55. The van der Waals surface area contributed by atoms with E-state index in [1.165, 1.54) is 0 Å². The third kappa shape index (κ3) is 1.62. The van der Waals surface area contributed by atoms with Crippen LogP contribution >= 0.6 is 0 Å². The maximum absolute atomic E-state index is 13.5. The fraction of sp³-hybridized carbons (Fsp3) is 0.533. The van der Waals surface area contributed by atoms with Gasteiger partial charge in [-0.1, -0.05) is 18.2 Å². The molecule has 1 aliphatic heterocycles. The van der Waals surface area contributed by atoms with Gasteiger partial charge in [-0.3, -0.25) is 4.79 Å². The molecule has 1 aromatic carbocycles. The Kier molecular flexibility index (Phi) is 2.50. The van der Waals surface area contributed by atoms with E-state index >= 15 is 0 Å². The molecule has 1 amide bonds. The Bertz CT molecular complexity index is 543. The Morgan fingerprint density at radius 1 is 1.37 bits per heavy atom. The average molecular weight is 265 g/mol. The van der Waals surface area contributed by atoms with E-state index in [1.807, 2.05) is 24.3 Å². The van der Waals surface area contributed by atoms with Crippen LogP contribution in [0.4, 0.5) is 14.5 Å². The molecule has 102 valence electrons. The Morgan fingerprint density at radius 3 is 2.63 bits per heavy atom. The van der Waals surface area contributed by atoms with Crippen molar-refractivity contribution in [1.29, 1.82) is 0 Å². The molecule has 2 atom stereocenters. The Labute approximate surface area is 111 Å². The summed E-state index contributed by atoms with van der Waals surface area (Å²) in [6.45, 7) is 1.80. The van der Waals surface area contributed by atoms with E-state index in [0.717, 1.165) is 11.3 Å². The molecule has 4 heteroatoms. The van der Waals surface area contributed by atoms with Crippen LogP contribution in [0.1, 0.15) is 31.7 Å². The quantitative estimate of drug-likeness (QED) is 0.803. The van der Waals surface area contributed by atoms with Crippen molar-refractivity contribution in [2.45, 2.75) is 37.5 Å². The first-order valence-corrected chi connectivity index (χ1v) is 6.62. The van der Waals surface area contributed by atoms with Gasteiger partial charge in [0.05, 0.1) is 5.41 Å². The Morgan fingerprint density at radius 2 is 2.05 bits per heavy atom. The van der Waals surface area contributed by atoms with Crippen LogP contribution in [0.3, 0.4) is 0 Å². The molecule has 1 fully saturated rings. The van der Waals surface area contributed by atoms with Crippen LogP contribution in [0.2, 0.25) is 0 Å². The molecule has 2 aliphatic rings. The number of para-hydroxylation sites is 1. The van der Waals surface area contributed by atoms with Gasteiger partial charge in [-0.05, 0) is 31.4 Å². The number of hydrogen-bond acceptors (Lipinski definition) is 1. The summed E-state index contributed by atoms with van der Waals surface area (Å²) >= 11 is 0. The van der Waals surface area contributed by atoms with E-state index in [0.29, 0.717) is 6.42 Å². The van der Waals surface area contributed by atoms with Crippen LogP contribution in [0.5, 0.6) is 0 Å². The lowest BCUT2D eigenvalue weighted by atomic mass is 9.68. The molecule has 0 aromatic heterocycles. The fourth-order valence-electron chi connectivity index (χ4n) is 3.34. The minimum atomic E-state index is -2.60. The van der Waals surface area contributed by atoms with Gasteiger partial charge in [0, 0.05) is 25.1 Å². The lowest BCUT2D eigenvalue weighted by molar-refractivity contribution is -0.145. The van der Waals surface area contributed by atoms with Gasteiger partial charge < -0.3 is 4.90 Å². The number of likely N-dealkylation sites (N-methyl/N-ethyl adjacent to an activating group) is 1. The molecule has 2 unspecified atom stereocenters. The Hall–Kier alpha value is -1.45. The number of benzene rings is 1. The van der Waals surface area contributed by atoms with E-state index in [9.17, 15) is 13.6 Å². The molecular formula is C15H17F2NO. The zero-order valence-electron chi connectivity index (χ0n) is 11.1. The summed E-state index contributed by atoms with van der Waals surface area (Å²) in [5.74, 6) is -3.34. The number of amides is 1. The first kappa shape index (κ1) is 12.6. The van der Waals surface area contributed by atoms with E-state index in [2.05, 4.69) is 0 Å². The molecule has 0 bridgehead atoms. The molecule has 1 heterocycles. The summed E-state index contributed by atoms with van der Waals surface area (Å²) in [6.07, 6.45) is 0.710. The van der Waals surface area contributed by atoms with Crippen LogP contribution in [0, 0.1) is 5.92 Å². The van der Waals surface area contributed by atoms with Gasteiger partial charge >= 0.3 is 0 Å². The first-order valence-electron chi connectivity index (χ1n) is 6.62. The zero-order chi connectivity index (χ0) is 13.8. The number of rotatable bonds is 2. The van der Waals surface area contributed by atoms with Crippen molar-refractivity contribution in [1.82, 2.24) is 0 Å². The molecule has 1 aromatic rings. The highest BCUT2D eigenvalue weighted by atomic mass is 19.3. The highest BCUT2D eigenvalue weighted by Crippen LogP contribution is 2.52. The average Bonchev–Trinajstić information content (AvgIpc) is 2.59. The molecule has 0 saturated heterocycles. The number of hydrogen-bond donors (Lipinski definition) is 0. The second-order valence-corrected chi connectivity index (χ2v) is 5.91. The zero-order valence-corrected chi connectivity index (χ0v) is 11.1. The molecule has 2 nitrogen and oxygen atoms in total. The maximum atomic E-state index is 13.5. The largest absolute Gasteiger partial charge is 0.314 e. The third-order valence-electron chi connectivity index (χ3n) is 4.71. The van der Waals surface area contributed by atoms with Crippen molar-refractivity contribution >= 4 is 11.6 Å². The topological polar surface area (TPSA) is 20.3 Å². The molecule has 1 aliphatic carbocycles. The van der Waals surface area contributed by atoms with Crippen molar-refractivity contribution in [2.75, 3.05) is 11.9 Å². The fourth-order valence-corrected chi connectivity index (χ4v) is 3.34. The predicted molar refractivity (Wildman–Crippen MR) is 69.5 cm³/mol. The van der Waals surface area contributed by atoms with E-state index in [1.54, 1.807) is 18.9 Å². The third-order valence-corrected chi connectivity index (χ3v) is 4.71. The van der Waals surface area contributed by atoms with Crippen LogP contribution in [-0.4, -0.2) is 18.9 Å². The van der Waals surface area contributed by atoms with Crippen LogP contribution in [0.25, 0.3) is 0 Å². The van der Waals surface area contributed by atoms with Gasteiger partial charge in [0.15, 0.2) is 0 Å². The summed E-state index contributed by atoms with van der Waals surface area (Å²) in [7, 11) is 1.71. The maximum Gasteiger partial charge on any atom is 0.251 e. The number of nitrogens with zero attached hydrogens (tertiary/aromatic N) is 1. The summed E-state index contributed by atoms with van der Waals surface area (Å²) < 4.78 is 27.0. The minimum Gasteiger partial charge on any atom is -0.314 e. The van der Waals surface area contributed by atoms with Crippen molar-refractivity contribution in [3.05, 3.63) is 29.8 Å². The summed E-state index contributed by atoms with van der Waals surface area (Å²) in [5, 5.41) is 0. The number of carbonyl (C=O) groups is 1. The van der Waals surface area contributed by atoms with Crippen LogP contribution in [-0.2, 0) is 10.2 Å². The predicted octanol–water partition coefficient (Wildman–Crippen LogP) is 3.36. The second kappa shape index (κ2) is 3.78. The summed E-state index contributed by atoms with van der Waals surface area (Å²) in [6, 6.07) is 7.49. The molecule has 0 radical (unpaired) electrons. The van der Waals surface area contributed by atoms with Crippen molar-refractivity contribution < 1.29 is 13.6 Å². The van der Waals surface area contributed by atoms with Gasteiger partial charge in [-0.25, -0.2) is 8.78 Å². The van der Waals surface area contributed by atoms with E-state index < -0.39 is 17.3 Å². The SMILES string of the molecule is CN1C(=O)C(C)(CC2CCC2(F)F)c2ccccc21. The van der Waals surface area contributed by atoms with Crippen molar-refractivity contribution in [2.24, 2.45) is 5.92 Å². The van der Waals surface area contributed by atoms with Crippen molar-refractivity contribution in [3.8, 4) is 0 Å². The number of carbonyl (C=O) groups excluding carboxylic acids is 1. The number of alkyl halides is 2. The minimum absolute atomic E-state index is 0.0422. The smallest absolute Gasteiger partial charge is 0.251 e. The van der Waals surface area contributed by atoms with Gasteiger partial charge in [-0.2, -0.15) is 0 Å². The van der Waals surface area contributed by atoms with Crippen molar-refractivity contribution in [3.63, 3.8) is 0 Å². The van der Waals surface area contributed by atoms with Crippen LogP contribution < -0.4 is 4.90 Å². The molecule has 19 heavy (non-hydrogen) atoms. The standard InChI is InChI=1S/C15H17F2NO/c1-14(9-10-7-8-15(10,16)17)11-5-3-4-6-12(11)18(2)13(14)19/h3-6,10H,7-9H2,1-2H3. The first-order chi connectivity index (χ1) is 8.86. The second-order valence-electron chi connectivity index (χ2n) is 5.91. The van der Waals surface area contributed by atoms with Gasteiger partial charge in [0.1, 0.15) is 0 Å². The van der Waals surface area contributed by atoms with E-state index in [-0.39, 0.29) is 18.7 Å². The molecule has 0 spiro atoms. The van der Waals surface area contributed by atoms with Gasteiger partial charge in [0.2, 0.25) is 5.91 Å². The normalized spacial score (nSPS) is 32.1. The molecule has 0 N–H and O–H groups in total. The van der Waals surface area contributed by atoms with Gasteiger partial charge in [-0.15, -0.1) is 0 Å². The number of anilines is 1. The van der Waals surface area contributed by atoms with Gasteiger partial charge in [0.25, 0.3) is 5.92 Å². The highest BCUT2D eigenvalue weighted by molar-refractivity contribution is 6.07. The number of halogens is 2. The summed E-state index contributed by atoms with van der Waals surface area (Å²) in [5.41, 5.74) is 0.919. The lowest BCUT2D eigenvalue weighted by Crippen LogP contribution is -2.46. The number of fused-ring (bicyclic) bond motifs is 1. The van der Waals surface area contributed by atoms with E-state index in [4.69, 9.17) is 0 Å². The summed E-state index contributed by atoms with van der Waals surface area (Å²) in [4.78, 5) is 14.0. The Balaban J connectivity index is 1.97. The lowest BCUT2D eigenvalue weighted by Gasteiger charge is -2.40. The molecular weight excluding hydrogens is 248 g/mol. The monoisotopic (exact) mass is 265 g/mol. The molecule has 3 rings (SSSR count). The molecule has 1 saturated carbocycles. The van der Waals surface area contributed by atoms with Crippen LogP contribution in [0.15, 0.2) is 24.3 Å².